The number of amides is 1. The second kappa shape index (κ2) is 6.21. The van der Waals surface area contributed by atoms with Gasteiger partial charge >= 0.3 is 12.1 Å². The topological polar surface area (TPSA) is 75.6 Å². The van der Waals surface area contributed by atoms with E-state index in [9.17, 15) is 9.59 Å². The van der Waals surface area contributed by atoms with Crippen molar-refractivity contribution in [3.8, 4) is 0 Å². The van der Waals surface area contributed by atoms with Crippen LogP contribution in [-0.2, 0) is 11.3 Å². The standard InChI is InChI=1S/C14H13NO4S/c1-2-6-19-14(18)15-8-9-7-11-10(13(16)17)4-3-5-12(11)20-9/h2-5,7H,1,6,8H2,(H,15,18)(H,16,17). The number of hydrogen-bond acceptors (Lipinski definition) is 4. The van der Waals surface area contributed by atoms with Crippen molar-refractivity contribution in [2.24, 2.45) is 0 Å². The molecule has 0 unspecified atom stereocenters. The van der Waals surface area contributed by atoms with Crippen molar-refractivity contribution in [3.05, 3.63) is 47.4 Å². The van der Waals surface area contributed by atoms with Crippen LogP contribution in [-0.4, -0.2) is 23.8 Å². The van der Waals surface area contributed by atoms with E-state index >= 15 is 0 Å². The summed E-state index contributed by atoms with van der Waals surface area (Å²) in [6.07, 6.45) is 0.957. The predicted octanol–water partition coefficient (Wildman–Crippen LogP) is 3.01. The van der Waals surface area contributed by atoms with Crippen molar-refractivity contribution >= 4 is 33.5 Å². The Labute approximate surface area is 119 Å². The fourth-order valence-electron chi connectivity index (χ4n) is 1.73. The number of ether oxygens (including phenoxy) is 1. The molecule has 5 nitrogen and oxygen atoms in total. The molecule has 0 fully saturated rings. The molecule has 0 aliphatic heterocycles. The van der Waals surface area contributed by atoms with Crippen molar-refractivity contribution in [1.29, 1.82) is 0 Å². The highest BCUT2D eigenvalue weighted by Crippen LogP contribution is 2.28. The van der Waals surface area contributed by atoms with Gasteiger partial charge in [0.25, 0.3) is 0 Å². The van der Waals surface area contributed by atoms with Crippen molar-refractivity contribution < 1.29 is 19.4 Å². The minimum Gasteiger partial charge on any atom is -0.478 e. The number of nitrogens with one attached hydrogen (secondary N) is 1. The summed E-state index contributed by atoms with van der Waals surface area (Å²) in [7, 11) is 0. The van der Waals surface area contributed by atoms with Gasteiger partial charge in [0.1, 0.15) is 6.61 Å². The molecular weight excluding hydrogens is 278 g/mol. The molecule has 0 aliphatic carbocycles. The van der Waals surface area contributed by atoms with Crippen LogP contribution in [0.15, 0.2) is 36.9 Å². The number of carboxylic acid groups (broad SMARTS) is 1. The molecule has 0 spiro atoms. The summed E-state index contributed by atoms with van der Waals surface area (Å²) in [5.41, 5.74) is 0.263. The molecule has 1 heterocycles. The van der Waals surface area contributed by atoms with E-state index in [2.05, 4.69) is 11.9 Å². The maximum absolute atomic E-state index is 11.3. The van der Waals surface area contributed by atoms with Gasteiger partial charge in [-0.05, 0) is 18.2 Å². The number of benzene rings is 1. The molecule has 0 bridgehead atoms. The molecule has 1 aromatic carbocycles. The monoisotopic (exact) mass is 291 g/mol. The number of carbonyl (C=O) groups is 2. The van der Waals surface area contributed by atoms with E-state index < -0.39 is 12.1 Å². The van der Waals surface area contributed by atoms with Gasteiger partial charge in [0.05, 0.1) is 12.1 Å². The molecular formula is C14H13NO4S. The number of rotatable bonds is 5. The molecule has 104 valence electrons. The number of thiophene rings is 1. The first-order valence-corrected chi connectivity index (χ1v) is 6.69. The average molecular weight is 291 g/mol. The SMILES string of the molecule is C=CCOC(=O)NCc1cc2c(C(=O)O)cccc2s1. The van der Waals surface area contributed by atoms with Crippen LogP contribution >= 0.6 is 11.3 Å². The summed E-state index contributed by atoms with van der Waals surface area (Å²) in [6.45, 7) is 3.90. The molecule has 0 saturated carbocycles. The quantitative estimate of drug-likeness (QED) is 0.830. The van der Waals surface area contributed by atoms with E-state index in [-0.39, 0.29) is 12.2 Å². The molecule has 0 atom stereocenters. The summed E-state index contributed by atoms with van der Waals surface area (Å²) in [4.78, 5) is 23.3. The maximum atomic E-state index is 11.3. The molecule has 6 heteroatoms. The minimum absolute atomic E-state index is 0.154. The fourth-order valence-corrected chi connectivity index (χ4v) is 2.76. The highest BCUT2D eigenvalue weighted by atomic mass is 32.1. The lowest BCUT2D eigenvalue weighted by Crippen LogP contribution is -2.23. The summed E-state index contributed by atoms with van der Waals surface area (Å²) in [5.74, 6) is -0.960. The Balaban J connectivity index is 2.12. The highest BCUT2D eigenvalue weighted by molar-refractivity contribution is 7.19. The lowest BCUT2D eigenvalue weighted by Gasteiger charge is -2.02. The van der Waals surface area contributed by atoms with E-state index in [0.29, 0.717) is 11.9 Å². The van der Waals surface area contributed by atoms with E-state index in [1.807, 2.05) is 6.07 Å². The number of fused-ring (bicyclic) bond motifs is 1. The molecule has 0 aliphatic rings. The minimum atomic E-state index is -0.960. The molecule has 2 rings (SSSR count). The van der Waals surface area contributed by atoms with Gasteiger partial charge in [0.2, 0.25) is 0 Å². The van der Waals surface area contributed by atoms with Gasteiger partial charge in [0, 0.05) is 15.0 Å². The number of carbonyl (C=O) groups excluding carboxylic acids is 1. The lowest BCUT2D eigenvalue weighted by atomic mass is 10.1. The van der Waals surface area contributed by atoms with Crippen LogP contribution in [0.5, 0.6) is 0 Å². The summed E-state index contributed by atoms with van der Waals surface area (Å²) in [5, 5.41) is 12.4. The van der Waals surface area contributed by atoms with Gasteiger partial charge in [-0.2, -0.15) is 0 Å². The fraction of sp³-hybridized carbons (Fsp3) is 0.143. The van der Waals surface area contributed by atoms with E-state index in [0.717, 1.165) is 9.58 Å². The van der Waals surface area contributed by atoms with E-state index in [4.69, 9.17) is 9.84 Å². The molecule has 1 amide bonds. The largest absolute Gasteiger partial charge is 0.478 e. The summed E-state index contributed by atoms with van der Waals surface area (Å²) >= 11 is 1.44. The van der Waals surface area contributed by atoms with Gasteiger partial charge in [-0.25, -0.2) is 9.59 Å². The molecule has 2 aromatic rings. The maximum Gasteiger partial charge on any atom is 0.407 e. The third-order valence-corrected chi connectivity index (χ3v) is 3.68. The number of alkyl carbamates (subject to hydrolysis) is 1. The smallest absolute Gasteiger partial charge is 0.407 e. The van der Waals surface area contributed by atoms with Gasteiger partial charge in [0.15, 0.2) is 0 Å². The number of hydrogen-bond donors (Lipinski definition) is 2. The lowest BCUT2D eigenvalue weighted by molar-refractivity contribution is 0.0699. The predicted molar refractivity (Wildman–Crippen MR) is 77.2 cm³/mol. The first-order chi connectivity index (χ1) is 9.61. The van der Waals surface area contributed by atoms with Gasteiger partial charge < -0.3 is 15.2 Å². The molecule has 0 radical (unpaired) electrons. The van der Waals surface area contributed by atoms with Gasteiger partial charge in [-0.3, -0.25) is 0 Å². The van der Waals surface area contributed by atoms with Crippen molar-refractivity contribution in [1.82, 2.24) is 5.32 Å². The zero-order valence-corrected chi connectivity index (χ0v) is 11.4. The third-order valence-electron chi connectivity index (χ3n) is 2.58. The summed E-state index contributed by atoms with van der Waals surface area (Å²) in [6, 6.07) is 6.90. The Bertz CT molecular complexity index is 662. The Morgan fingerprint density at radius 3 is 2.95 bits per heavy atom. The van der Waals surface area contributed by atoms with Gasteiger partial charge in [-0.15, -0.1) is 11.3 Å². The molecule has 20 heavy (non-hydrogen) atoms. The highest BCUT2D eigenvalue weighted by Gasteiger charge is 2.11. The number of carboxylic acids is 1. The Morgan fingerprint density at radius 2 is 2.25 bits per heavy atom. The second-order valence-electron chi connectivity index (χ2n) is 3.98. The van der Waals surface area contributed by atoms with Gasteiger partial charge in [-0.1, -0.05) is 18.7 Å². The van der Waals surface area contributed by atoms with Crippen LogP contribution in [0.4, 0.5) is 4.79 Å². The van der Waals surface area contributed by atoms with Crippen molar-refractivity contribution in [2.75, 3.05) is 6.61 Å². The normalized spacial score (nSPS) is 10.2. The van der Waals surface area contributed by atoms with Crippen molar-refractivity contribution in [2.45, 2.75) is 6.54 Å². The third kappa shape index (κ3) is 3.16. The van der Waals surface area contributed by atoms with E-state index in [1.54, 1.807) is 18.2 Å². The van der Waals surface area contributed by atoms with Crippen molar-refractivity contribution in [3.63, 3.8) is 0 Å². The molecule has 0 saturated heterocycles. The van der Waals surface area contributed by atoms with Crippen LogP contribution < -0.4 is 5.32 Å². The average Bonchev–Trinajstić information content (AvgIpc) is 2.85. The Hall–Kier alpha value is -2.34. The van der Waals surface area contributed by atoms with Crippen LogP contribution in [0.2, 0.25) is 0 Å². The first kappa shape index (κ1) is 14.1. The number of aromatic carboxylic acids is 1. The van der Waals surface area contributed by atoms with Crippen LogP contribution in [0, 0.1) is 0 Å². The van der Waals surface area contributed by atoms with Crippen LogP contribution in [0.3, 0.4) is 0 Å². The van der Waals surface area contributed by atoms with Crippen LogP contribution in [0.1, 0.15) is 15.2 Å². The second-order valence-corrected chi connectivity index (χ2v) is 5.14. The van der Waals surface area contributed by atoms with E-state index in [1.165, 1.54) is 17.4 Å². The molecule has 2 N–H and O–H groups in total. The first-order valence-electron chi connectivity index (χ1n) is 5.88. The summed E-state index contributed by atoms with van der Waals surface area (Å²) < 4.78 is 5.67. The zero-order chi connectivity index (χ0) is 14.5. The molecule has 1 aromatic heterocycles. The zero-order valence-electron chi connectivity index (χ0n) is 10.6. The Morgan fingerprint density at radius 1 is 1.45 bits per heavy atom. The van der Waals surface area contributed by atoms with Crippen LogP contribution in [0.25, 0.3) is 10.1 Å². The Kier molecular flexibility index (Phi) is 4.37.